The highest BCUT2D eigenvalue weighted by Crippen LogP contribution is 2.15. The molecule has 0 spiro atoms. The molecule has 0 aliphatic carbocycles. The quantitative estimate of drug-likeness (QED) is 0.675. The van der Waals surface area contributed by atoms with Crippen LogP contribution in [0.15, 0.2) is 29.2 Å². The van der Waals surface area contributed by atoms with Crippen LogP contribution in [-0.4, -0.2) is 46.5 Å². The summed E-state index contributed by atoms with van der Waals surface area (Å²) in [7, 11) is -2.01. The van der Waals surface area contributed by atoms with E-state index in [9.17, 15) is 8.42 Å². The Morgan fingerprint density at radius 2 is 1.89 bits per heavy atom. The van der Waals surface area contributed by atoms with Crippen LogP contribution in [0.4, 0.5) is 0 Å². The van der Waals surface area contributed by atoms with Gasteiger partial charge >= 0.3 is 0 Å². The van der Waals surface area contributed by atoms with Gasteiger partial charge in [-0.05, 0) is 31.2 Å². The summed E-state index contributed by atoms with van der Waals surface area (Å²) in [6.07, 6.45) is -0.730. The molecule has 2 N–H and O–H groups in total. The van der Waals surface area contributed by atoms with Gasteiger partial charge in [0, 0.05) is 13.7 Å². The van der Waals surface area contributed by atoms with Crippen molar-refractivity contribution in [2.24, 2.45) is 0 Å². The van der Waals surface area contributed by atoms with E-state index < -0.39 is 16.1 Å². The van der Waals surface area contributed by atoms with Crippen molar-refractivity contribution in [2.45, 2.75) is 17.9 Å². The summed E-state index contributed by atoms with van der Waals surface area (Å²) in [5, 5.41) is 9.07. The number of methoxy groups -OCH3 is 1. The van der Waals surface area contributed by atoms with Crippen LogP contribution in [0.25, 0.3) is 0 Å². The van der Waals surface area contributed by atoms with Crippen molar-refractivity contribution in [2.75, 3.05) is 26.9 Å². The van der Waals surface area contributed by atoms with Crippen molar-refractivity contribution in [3.63, 3.8) is 0 Å². The number of hydrogen-bond donors (Lipinski definition) is 2. The number of aliphatic hydroxyl groups excluding tert-OH is 1. The highest BCUT2D eigenvalue weighted by atomic mass is 32.2. The number of nitrogens with one attached hydrogen (secondary N) is 1. The maximum absolute atomic E-state index is 11.8. The molecule has 0 aliphatic rings. The van der Waals surface area contributed by atoms with E-state index in [0.29, 0.717) is 19.0 Å². The molecular weight excluding hydrogens is 270 g/mol. The van der Waals surface area contributed by atoms with E-state index in [-0.39, 0.29) is 11.4 Å². The fraction of sp³-hybridized carbons (Fsp3) is 0.500. The Balaban J connectivity index is 2.64. The Morgan fingerprint density at radius 1 is 1.26 bits per heavy atom. The smallest absolute Gasteiger partial charge is 0.240 e. The predicted octanol–water partition coefficient (Wildman–Crippen LogP) is 0.371. The molecule has 6 nitrogen and oxygen atoms in total. The molecule has 0 amide bonds. The largest absolute Gasteiger partial charge is 0.491 e. The molecule has 0 unspecified atom stereocenters. The lowest BCUT2D eigenvalue weighted by Crippen LogP contribution is -2.30. The van der Waals surface area contributed by atoms with Crippen LogP contribution in [0.5, 0.6) is 5.75 Å². The van der Waals surface area contributed by atoms with Crippen LogP contribution < -0.4 is 9.46 Å². The SMILES string of the molecule is COCCOc1ccc(S(=O)(=O)NC[C@@H](C)O)cc1. The molecule has 7 heteroatoms. The van der Waals surface area contributed by atoms with Crippen LogP contribution in [0.2, 0.25) is 0 Å². The monoisotopic (exact) mass is 289 g/mol. The van der Waals surface area contributed by atoms with Gasteiger partial charge in [-0.1, -0.05) is 0 Å². The van der Waals surface area contributed by atoms with Gasteiger partial charge in [0.25, 0.3) is 0 Å². The first-order valence-corrected chi connectivity index (χ1v) is 7.33. The zero-order chi connectivity index (χ0) is 14.3. The van der Waals surface area contributed by atoms with Crippen LogP contribution in [0.1, 0.15) is 6.92 Å². The van der Waals surface area contributed by atoms with Gasteiger partial charge in [0.1, 0.15) is 12.4 Å². The van der Waals surface area contributed by atoms with Gasteiger partial charge in [0.2, 0.25) is 10.0 Å². The summed E-state index contributed by atoms with van der Waals surface area (Å²) in [6, 6.07) is 6.05. The predicted molar refractivity (Wildman–Crippen MR) is 70.7 cm³/mol. The van der Waals surface area contributed by atoms with Gasteiger partial charge in [-0.15, -0.1) is 0 Å². The van der Waals surface area contributed by atoms with Crippen molar-refractivity contribution in [1.82, 2.24) is 4.72 Å². The molecule has 19 heavy (non-hydrogen) atoms. The summed E-state index contributed by atoms with van der Waals surface area (Å²) in [5.41, 5.74) is 0. The fourth-order valence-electron chi connectivity index (χ4n) is 1.27. The molecule has 0 heterocycles. The minimum Gasteiger partial charge on any atom is -0.491 e. The van der Waals surface area contributed by atoms with Gasteiger partial charge in [0.05, 0.1) is 17.6 Å². The molecule has 0 bridgehead atoms. The number of ether oxygens (including phenoxy) is 2. The van der Waals surface area contributed by atoms with Crippen molar-refractivity contribution < 1.29 is 23.0 Å². The highest BCUT2D eigenvalue weighted by molar-refractivity contribution is 7.89. The van der Waals surface area contributed by atoms with Crippen LogP contribution in [-0.2, 0) is 14.8 Å². The standard InChI is InChI=1S/C12H19NO5S/c1-10(14)9-13-19(15,16)12-5-3-11(4-6-12)18-8-7-17-2/h3-6,10,13-14H,7-9H2,1-2H3/t10-/m1/s1. The second kappa shape index (κ2) is 7.44. The maximum Gasteiger partial charge on any atom is 0.240 e. The number of hydrogen-bond acceptors (Lipinski definition) is 5. The first-order chi connectivity index (χ1) is 8.95. The number of benzene rings is 1. The van der Waals surface area contributed by atoms with E-state index in [4.69, 9.17) is 14.6 Å². The molecule has 0 saturated carbocycles. The van der Waals surface area contributed by atoms with E-state index in [1.807, 2.05) is 0 Å². The summed E-state index contributed by atoms with van der Waals surface area (Å²) in [5.74, 6) is 0.575. The minimum absolute atomic E-state index is 0.0194. The van der Waals surface area contributed by atoms with Crippen molar-refractivity contribution in [3.05, 3.63) is 24.3 Å². The van der Waals surface area contributed by atoms with Gasteiger partial charge in [-0.2, -0.15) is 0 Å². The van der Waals surface area contributed by atoms with Gasteiger partial charge in [0.15, 0.2) is 0 Å². The number of sulfonamides is 1. The molecule has 1 aromatic carbocycles. The summed E-state index contributed by atoms with van der Waals surface area (Å²) in [6.45, 7) is 2.36. The lowest BCUT2D eigenvalue weighted by molar-refractivity contribution is 0.146. The molecule has 1 rings (SSSR count). The summed E-state index contributed by atoms with van der Waals surface area (Å²) in [4.78, 5) is 0.132. The maximum atomic E-state index is 11.8. The van der Waals surface area contributed by atoms with Gasteiger partial charge < -0.3 is 14.6 Å². The van der Waals surface area contributed by atoms with E-state index in [1.165, 1.54) is 19.1 Å². The third-order valence-corrected chi connectivity index (χ3v) is 3.70. The Kier molecular flexibility index (Phi) is 6.23. The van der Waals surface area contributed by atoms with Gasteiger partial charge in [-0.25, -0.2) is 13.1 Å². The minimum atomic E-state index is -3.59. The lowest BCUT2D eigenvalue weighted by atomic mass is 10.3. The highest BCUT2D eigenvalue weighted by Gasteiger charge is 2.14. The first-order valence-electron chi connectivity index (χ1n) is 5.85. The summed E-state index contributed by atoms with van der Waals surface area (Å²) < 4.78 is 36.1. The third kappa shape index (κ3) is 5.56. The summed E-state index contributed by atoms with van der Waals surface area (Å²) >= 11 is 0. The average Bonchev–Trinajstić information content (AvgIpc) is 2.37. The third-order valence-electron chi connectivity index (χ3n) is 2.26. The van der Waals surface area contributed by atoms with Gasteiger partial charge in [-0.3, -0.25) is 0 Å². The van der Waals surface area contributed by atoms with E-state index in [2.05, 4.69) is 4.72 Å². The van der Waals surface area contributed by atoms with Crippen LogP contribution in [0.3, 0.4) is 0 Å². The van der Waals surface area contributed by atoms with Crippen LogP contribution >= 0.6 is 0 Å². The van der Waals surface area contributed by atoms with Crippen molar-refractivity contribution >= 4 is 10.0 Å². The lowest BCUT2D eigenvalue weighted by Gasteiger charge is -2.09. The second-order valence-electron chi connectivity index (χ2n) is 4.01. The molecule has 0 fully saturated rings. The zero-order valence-electron chi connectivity index (χ0n) is 11.0. The van der Waals surface area contributed by atoms with Crippen molar-refractivity contribution in [1.29, 1.82) is 0 Å². The molecule has 0 radical (unpaired) electrons. The zero-order valence-corrected chi connectivity index (χ0v) is 11.8. The number of rotatable bonds is 8. The average molecular weight is 289 g/mol. The molecule has 0 saturated heterocycles. The Hall–Kier alpha value is -1.15. The molecule has 0 aliphatic heterocycles. The molecule has 1 atom stereocenters. The second-order valence-corrected chi connectivity index (χ2v) is 5.78. The topological polar surface area (TPSA) is 84.9 Å². The van der Waals surface area contributed by atoms with Crippen molar-refractivity contribution in [3.8, 4) is 5.75 Å². The number of aliphatic hydroxyl groups is 1. The van der Waals surface area contributed by atoms with E-state index in [1.54, 1.807) is 19.2 Å². The molecular formula is C12H19NO5S. The normalized spacial score (nSPS) is 13.2. The molecule has 0 aromatic heterocycles. The molecule has 108 valence electrons. The Labute approximate surface area is 113 Å². The Bertz CT molecular complexity index is 469. The fourth-order valence-corrected chi connectivity index (χ4v) is 2.39. The molecule has 1 aromatic rings. The Morgan fingerprint density at radius 3 is 2.42 bits per heavy atom. The van der Waals surface area contributed by atoms with Crippen LogP contribution in [0, 0.1) is 0 Å². The van der Waals surface area contributed by atoms with E-state index >= 15 is 0 Å². The first kappa shape index (κ1) is 15.9. The van der Waals surface area contributed by atoms with E-state index in [0.717, 1.165) is 0 Å².